The van der Waals surface area contributed by atoms with E-state index >= 15 is 0 Å². The summed E-state index contributed by atoms with van der Waals surface area (Å²) < 4.78 is 20.1. The first-order valence-corrected chi connectivity index (χ1v) is 15.1. The van der Waals surface area contributed by atoms with Gasteiger partial charge in [0.2, 0.25) is 0 Å². The Morgan fingerprint density at radius 1 is 1.12 bits per heavy atom. The van der Waals surface area contributed by atoms with E-state index in [1.807, 2.05) is 65.0 Å². The maximum absolute atomic E-state index is 14.6. The Hall–Kier alpha value is -3.62. The van der Waals surface area contributed by atoms with Gasteiger partial charge in [-0.2, -0.15) is 10.5 Å². The lowest BCUT2D eigenvalue weighted by atomic mass is 9.58. The third-order valence-electron chi connectivity index (χ3n) is 8.93. The number of benzene rings is 2. The molecule has 7 nitrogen and oxygen atoms in total. The Balaban J connectivity index is 1.45. The molecule has 3 unspecified atom stereocenters. The third-order valence-corrected chi connectivity index (χ3v) is 8.93. The first kappa shape index (κ1) is 31.3. The summed E-state index contributed by atoms with van der Waals surface area (Å²) in [7, 11) is 0. The SMILES string of the molecule is CCC(C(C)NC(=O)OC(C)(C)C)C(C#N)(c1cccc(F)c1)C1CCN(CC2CN(c3ccc(C#N)cc3)C2)CC1. The van der Waals surface area contributed by atoms with Crippen LogP contribution in [0, 0.1) is 46.2 Å². The van der Waals surface area contributed by atoms with Crippen molar-refractivity contribution < 1.29 is 13.9 Å². The number of nitrogens with zero attached hydrogens (tertiary/aromatic N) is 4. The van der Waals surface area contributed by atoms with Gasteiger partial charge in [-0.15, -0.1) is 0 Å². The lowest BCUT2D eigenvalue weighted by Gasteiger charge is -2.48. The molecule has 3 atom stereocenters. The standard InChI is InChI=1S/C34H44FN5O2/c1-6-31(24(2)38-32(41)42-33(3,4)5)34(23-37,28-8-7-9-29(35)18-28)27-14-16-39(17-15-27)20-26-21-40(22-26)30-12-10-25(19-36)11-13-30/h7-13,18,24,26-27,31H,6,14-17,20-22H2,1-5H3,(H,38,41). The van der Waals surface area contributed by atoms with Crippen LogP contribution in [0.4, 0.5) is 14.9 Å². The highest BCUT2D eigenvalue weighted by Gasteiger charge is 2.50. The summed E-state index contributed by atoms with van der Waals surface area (Å²) in [5.41, 5.74) is 0.918. The van der Waals surface area contributed by atoms with Crippen molar-refractivity contribution in [3.63, 3.8) is 0 Å². The number of anilines is 1. The summed E-state index contributed by atoms with van der Waals surface area (Å²) in [6, 6.07) is 18.7. The van der Waals surface area contributed by atoms with Gasteiger partial charge in [0.05, 0.1) is 23.1 Å². The fraction of sp³-hybridized carbons (Fsp3) is 0.559. The molecule has 1 N–H and O–H groups in total. The van der Waals surface area contributed by atoms with E-state index in [-0.39, 0.29) is 23.7 Å². The second kappa shape index (κ2) is 13.1. The molecule has 0 bridgehead atoms. The molecule has 0 spiro atoms. The van der Waals surface area contributed by atoms with Crippen LogP contribution in [0.1, 0.15) is 65.0 Å². The number of halogens is 1. The van der Waals surface area contributed by atoms with Gasteiger partial charge in [0.15, 0.2) is 0 Å². The normalized spacial score (nSPS) is 19.5. The van der Waals surface area contributed by atoms with Crippen LogP contribution in [0.5, 0.6) is 0 Å². The molecular weight excluding hydrogens is 529 g/mol. The van der Waals surface area contributed by atoms with Crippen LogP contribution in [-0.2, 0) is 10.2 Å². The number of nitrogens with one attached hydrogen (secondary N) is 1. The molecule has 2 aliphatic heterocycles. The zero-order valence-corrected chi connectivity index (χ0v) is 25.6. The maximum Gasteiger partial charge on any atom is 0.407 e. The second-order valence-electron chi connectivity index (χ2n) is 12.9. The van der Waals surface area contributed by atoms with Crippen molar-refractivity contribution in [1.29, 1.82) is 10.5 Å². The molecule has 0 radical (unpaired) electrons. The third kappa shape index (κ3) is 7.05. The number of amides is 1. The summed E-state index contributed by atoms with van der Waals surface area (Å²) >= 11 is 0. The van der Waals surface area contributed by atoms with Crippen LogP contribution >= 0.6 is 0 Å². The van der Waals surface area contributed by atoms with E-state index in [4.69, 9.17) is 10.00 Å². The number of likely N-dealkylation sites (tertiary alicyclic amines) is 1. The Morgan fingerprint density at radius 2 is 1.79 bits per heavy atom. The van der Waals surface area contributed by atoms with E-state index < -0.39 is 17.1 Å². The van der Waals surface area contributed by atoms with Gasteiger partial charge < -0.3 is 19.9 Å². The molecule has 2 heterocycles. The summed E-state index contributed by atoms with van der Waals surface area (Å²) in [4.78, 5) is 17.5. The Bertz CT molecular complexity index is 1300. The van der Waals surface area contributed by atoms with Crippen LogP contribution < -0.4 is 10.2 Å². The van der Waals surface area contributed by atoms with Crippen molar-refractivity contribution in [3.8, 4) is 12.1 Å². The van der Waals surface area contributed by atoms with E-state index in [1.165, 1.54) is 12.1 Å². The van der Waals surface area contributed by atoms with Crippen LogP contribution in [0.15, 0.2) is 48.5 Å². The van der Waals surface area contributed by atoms with Crippen molar-refractivity contribution in [2.75, 3.05) is 37.6 Å². The fourth-order valence-electron chi connectivity index (χ4n) is 6.98. The van der Waals surface area contributed by atoms with E-state index in [1.54, 1.807) is 6.07 Å². The molecule has 2 fully saturated rings. The molecule has 8 heteroatoms. The Labute approximate surface area is 250 Å². The molecule has 2 saturated heterocycles. The second-order valence-corrected chi connectivity index (χ2v) is 12.9. The number of ether oxygens (including phenoxy) is 1. The summed E-state index contributed by atoms with van der Waals surface area (Å²) in [6.45, 7) is 14.2. The van der Waals surface area contributed by atoms with Gasteiger partial charge in [0, 0.05) is 43.2 Å². The predicted octanol–water partition coefficient (Wildman–Crippen LogP) is 6.25. The largest absolute Gasteiger partial charge is 0.444 e. The number of carbonyl (C=O) groups excluding carboxylic acids is 1. The van der Waals surface area contributed by atoms with Gasteiger partial charge in [-0.25, -0.2) is 9.18 Å². The molecule has 0 saturated carbocycles. The number of piperidine rings is 1. The molecule has 2 aromatic rings. The first-order chi connectivity index (χ1) is 20.0. The molecule has 0 aliphatic carbocycles. The van der Waals surface area contributed by atoms with Crippen molar-refractivity contribution in [1.82, 2.24) is 10.2 Å². The number of carbonyl (C=O) groups is 1. The smallest absolute Gasteiger partial charge is 0.407 e. The number of hydrogen-bond acceptors (Lipinski definition) is 6. The van der Waals surface area contributed by atoms with E-state index in [9.17, 15) is 14.4 Å². The summed E-state index contributed by atoms with van der Waals surface area (Å²) in [5.74, 6) is -0.00236. The van der Waals surface area contributed by atoms with Gasteiger partial charge in [0.1, 0.15) is 11.4 Å². The quantitative estimate of drug-likeness (QED) is 0.381. The monoisotopic (exact) mass is 573 g/mol. The lowest BCUT2D eigenvalue weighted by molar-refractivity contribution is 0.0443. The number of alkyl carbamates (subject to hydrolysis) is 1. The van der Waals surface area contributed by atoms with Crippen molar-refractivity contribution in [2.45, 2.75) is 70.9 Å². The van der Waals surface area contributed by atoms with Gasteiger partial charge in [-0.05, 0) is 108 Å². The minimum absolute atomic E-state index is 0.0184. The van der Waals surface area contributed by atoms with Gasteiger partial charge in [-0.3, -0.25) is 0 Å². The molecule has 2 aromatic carbocycles. The summed E-state index contributed by atoms with van der Waals surface area (Å²) in [5, 5.41) is 22.9. The maximum atomic E-state index is 14.6. The zero-order valence-electron chi connectivity index (χ0n) is 25.6. The summed E-state index contributed by atoms with van der Waals surface area (Å²) in [6.07, 6.45) is 1.79. The first-order valence-electron chi connectivity index (χ1n) is 15.1. The fourth-order valence-corrected chi connectivity index (χ4v) is 6.98. The van der Waals surface area contributed by atoms with Crippen molar-refractivity contribution >= 4 is 11.8 Å². The van der Waals surface area contributed by atoms with Crippen LogP contribution in [0.25, 0.3) is 0 Å². The topological polar surface area (TPSA) is 92.4 Å². The van der Waals surface area contributed by atoms with Gasteiger partial charge in [0.25, 0.3) is 0 Å². The average molecular weight is 574 g/mol. The van der Waals surface area contributed by atoms with Crippen molar-refractivity contribution in [3.05, 3.63) is 65.5 Å². The molecule has 1 amide bonds. The van der Waals surface area contributed by atoms with Crippen molar-refractivity contribution in [2.24, 2.45) is 17.8 Å². The highest BCUT2D eigenvalue weighted by Crippen LogP contribution is 2.47. The molecule has 0 aromatic heterocycles. The Morgan fingerprint density at radius 3 is 2.33 bits per heavy atom. The van der Waals surface area contributed by atoms with E-state index in [0.717, 1.165) is 51.3 Å². The molecule has 42 heavy (non-hydrogen) atoms. The highest BCUT2D eigenvalue weighted by atomic mass is 19.1. The highest BCUT2D eigenvalue weighted by molar-refractivity contribution is 5.68. The van der Waals surface area contributed by atoms with E-state index in [2.05, 4.69) is 27.3 Å². The molecule has 224 valence electrons. The predicted molar refractivity (Wildman–Crippen MR) is 162 cm³/mol. The van der Waals surface area contributed by atoms with Crippen LogP contribution in [-0.4, -0.2) is 55.4 Å². The number of rotatable bonds is 9. The van der Waals surface area contributed by atoms with E-state index in [0.29, 0.717) is 23.5 Å². The number of nitriles is 2. The molecular formula is C34H44FN5O2. The lowest BCUT2D eigenvalue weighted by Crippen LogP contribution is -2.55. The Kier molecular flexibility index (Phi) is 9.79. The molecule has 4 rings (SSSR count). The van der Waals surface area contributed by atoms with Crippen LogP contribution in [0.3, 0.4) is 0 Å². The zero-order chi connectivity index (χ0) is 30.5. The van der Waals surface area contributed by atoms with Crippen LogP contribution in [0.2, 0.25) is 0 Å². The molecule has 2 aliphatic rings. The van der Waals surface area contributed by atoms with Gasteiger partial charge in [-0.1, -0.05) is 19.1 Å². The van der Waals surface area contributed by atoms with Gasteiger partial charge >= 0.3 is 6.09 Å². The average Bonchev–Trinajstić information content (AvgIpc) is 2.93. The number of hydrogen-bond donors (Lipinski definition) is 1. The minimum Gasteiger partial charge on any atom is -0.444 e. The minimum atomic E-state index is -0.958.